The van der Waals surface area contributed by atoms with Gasteiger partial charge in [0.1, 0.15) is 6.10 Å². The summed E-state index contributed by atoms with van der Waals surface area (Å²) in [5.41, 5.74) is 7.87. The number of phenols is 1. The maximum atomic E-state index is 10.6. The van der Waals surface area contributed by atoms with Crippen LogP contribution in [0.4, 0.5) is 5.69 Å². The van der Waals surface area contributed by atoms with Crippen LogP contribution in [0.25, 0.3) is 0 Å². The maximum Gasteiger partial charge on any atom is 0.166 e. The third kappa shape index (κ3) is 2.03. The predicted molar refractivity (Wildman–Crippen MR) is 109 cm³/mol. The Morgan fingerprint density at radius 2 is 2.07 bits per heavy atom. The molecule has 4 atom stereocenters. The summed E-state index contributed by atoms with van der Waals surface area (Å²) in [6.45, 7) is 1.06. The van der Waals surface area contributed by atoms with Gasteiger partial charge in [-0.2, -0.15) is 5.10 Å². The summed E-state index contributed by atoms with van der Waals surface area (Å²) in [6.07, 6.45) is 4.09. The van der Waals surface area contributed by atoms with Gasteiger partial charge in [-0.15, -0.1) is 0 Å². The van der Waals surface area contributed by atoms with E-state index >= 15 is 0 Å². The van der Waals surface area contributed by atoms with Gasteiger partial charge in [0.05, 0.1) is 11.4 Å². The molecule has 28 heavy (non-hydrogen) atoms. The van der Waals surface area contributed by atoms with Crippen molar-refractivity contribution >= 4 is 11.4 Å². The summed E-state index contributed by atoms with van der Waals surface area (Å²) in [7, 11) is 2.26. The molecular formula is C23H25N3O2. The molecule has 1 unspecified atom stereocenters. The Morgan fingerprint density at radius 1 is 1.21 bits per heavy atom. The largest absolute Gasteiger partial charge is 0.504 e. The maximum absolute atomic E-state index is 10.6. The van der Waals surface area contributed by atoms with Crippen LogP contribution in [0.2, 0.25) is 0 Å². The van der Waals surface area contributed by atoms with E-state index in [4.69, 9.17) is 9.84 Å². The highest BCUT2D eigenvalue weighted by Gasteiger charge is 2.64. The molecule has 2 bridgehead atoms. The molecule has 6 rings (SSSR count). The number of nitrogens with one attached hydrogen (secondary N) is 1. The average molecular weight is 375 g/mol. The second-order valence-corrected chi connectivity index (χ2v) is 8.71. The highest BCUT2D eigenvalue weighted by atomic mass is 16.5. The summed E-state index contributed by atoms with van der Waals surface area (Å²) in [6, 6.07) is 14.5. The van der Waals surface area contributed by atoms with Gasteiger partial charge in [0.2, 0.25) is 0 Å². The van der Waals surface area contributed by atoms with Crippen molar-refractivity contribution in [3.63, 3.8) is 0 Å². The molecule has 1 saturated heterocycles. The van der Waals surface area contributed by atoms with Crippen LogP contribution in [-0.4, -0.2) is 41.5 Å². The molecule has 144 valence electrons. The number of likely N-dealkylation sites (N-methyl/N-ethyl adjacent to an activating group) is 1. The number of hydrazone groups is 1. The molecule has 2 fully saturated rings. The first-order valence-corrected chi connectivity index (χ1v) is 10.3. The molecule has 0 amide bonds. The molecule has 5 heteroatoms. The van der Waals surface area contributed by atoms with Crippen LogP contribution >= 0.6 is 0 Å². The number of nitrogens with zero attached hydrogens (tertiary/aromatic N) is 2. The zero-order valence-electron chi connectivity index (χ0n) is 16.1. The van der Waals surface area contributed by atoms with E-state index in [1.807, 2.05) is 30.3 Å². The third-order valence-corrected chi connectivity index (χ3v) is 7.51. The van der Waals surface area contributed by atoms with Gasteiger partial charge in [-0.05, 0) is 69.0 Å². The molecule has 2 N–H and O–H groups in total. The Balaban J connectivity index is 1.47. The van der Waals surface area contributed by atoms with E-state index in [1.54, 1.807) is 6.07 Å². The minimum Gasteiger partial charge on any atom is -0.504 e. The Labute approximate surface area is 165 Å². The van der Waals surface area contributed by atoms with Gasteiger partial charge in [-0.1, -0.05) is 24.3 Å². The lowest BCUT2D eigenvalue weighted by Gasteiger charge is -2.57. The Kier molecular flexibility index (Phi) is 3.37. The fourth-order valence-corrected chi connectivity index (χ4v) is 6.30. The Hall–Kier alpha value is -2.53. The molecule has 0 radical (unpaired) electrons. The van der Waals surface area contributed by atoms with E-state index in [1.165, 1.54) is 11.1 Å². The smallest absolute Gasteiger partial charge is 0.166 e. The molecular weight excluding hydrogens is 350 g/mol. The number of rotatable bonds is 2. The molecule has 1 spiro atoms. The van der Waals surface area contributed by atoms with Crippen molar-refractivity contribution in [2.45, 2.75) is 43.2 Å². The van der Waals surface area contributed by atoms with E-state index in [-0.39, 0.29) is 17.3 Å². The van der Waals surface area contributed by atoms with Gasteiger partial charge in [0, 0.05) is 17.0 Å². The fourth-order valence-electron chi connectivity index (χ4n) is 6.30. The van der Waals surface area contributed by atoms with Gasteiger partial charge < -0.3 is 14.7 Å². The van der Waals surface area contributed by atoms with Gasteiger partial charge in [0.25, 0.3) is 0 Å². The number of piperidine rings is 1. The van der Waals surface area contributed by atoms with Crippen LogP contribution in [0, 0.1) is 5.92 Å². The lowest BCUT2D eigenvalue weighted by Crippen LogP contribution is -2.65. The Morgan fingerprint density at radius 3 is 2.93 bits per heavy atom. The molecule has 2 aromatic carbocycles. The van der Waals surface area contributed by atoms with Crippen molar-refractivity contribution in [2.75, 3.05) is 19.0 Å². The van der Waals surface area contributed by atoms with Crippen LogP contribution in [0.5, 0.6) is 11.5 Å². The molecule has 2 aliphatic heterocycles. The van der Waals surface area contributed by atoms with Crippen molar-refractivity contribution in [1.82, 2.24) is 4.90 Å². The second kappa shape index (κ2) is 5.74. The molecule has 2 heterocycles. The zero-order chi connectivity index (χ0) is 18.9. The number of phenolic OH excluding ortho intramolecular Hbond substituents is 1. The van der Waals surface area contributed by atoms with E-state index in [2.05, 4.69) is 23.4 Å². The highest BCUT2D eigenvalue weighted by Crippen LogP contribution is 2.63. The number of hydrogen-bond donors (Lipinski definition) is 2. The third-order valence-electron chi connectivity index (χ3n) is 7.51. The van der Waals surface area contributed by atoms with E-state index in [0.717, 1.165) is 43.6 Å². The zero-order valence-corrected chi connectivity index (χ0v) is 16.1. The van der Waals surface area contributed by atoms with Gasteiger partial charge in [-0.25, -0.2) is 0 Å². The van der Waals surface area contributed by atoms with Crippen molar-refractivity contribution in [2.24, 2.45) is 11.0 Å². The molecule has 2 aromatic rings. The number of hydrogen-bond acceptors (Lipinski definition) is 5. The normalized spacial score (nSPS) is 34.0. The number of anilines is 1. The van der Waals surface area contributed by atoms with Crippen LogP contribution in [0.3, 0.4) is 0 Å². The summed E-state index contributed by atoms with van der Waals surface area (Å²) in [5, 5.41) is 15.4. The van der Waals surface area contributed by atoms with Crippen molar-refractivity contribution in [1.29, 1.82) is 0 Å². The summed E-state index contributed by atoms with van der Waals surface area (Å²) >= 11 is 0. The number of para-hydroxylation sites is 1. The van der Waals surface area contributed by atoms with Crippen molar-refractivity contribution in [3.05, 3.63) is 53.6 Å². The van der Waals surface area contributed by atoms with Gasteiger partial charge in [0.15, 0.2) is 11.5 Å². The molecule has 5 nitrogen and oxygen atoms in total. The first kappa shape index (κ1) is 16.4. The predicted octanol–water partition coefficient (Wildman–Crippen LogP) is 3.53. The number of aromatic hydroxyl groups is 1. The molecule has 2 aliphatic carbocycles. The first-order chi connectivity index (χ1) is 13.7. The number of benzene rings is 2. The monoisotopic (exact) mass is 375 g/mol. The standard InChI is InChI=1S/C23H25N3O2/c1-26-12-11-23-16-8-9-17(25-24-15-5-3-2-4-6-15)22(23)28-21-19(27)10-7-14(20(21)23)13-18(16)26/h2-7,10,16,18,22,24,27H,8-9,11-13H2,1H3/b25-17+/t16-,18+,22?,23-/m0/s1. The van der Waals surface area contributed by atoms with Crippen molar-refractivity contribution in [3.8, 4) is 11.5 Å². The summed E-state index contributed by atoms with van der Waals surface area (Å²) in [5.74, 6) is 1.54. The summed E-state index contributed by atoms with van der Waals surface area (Å²) < 4.78 is 6.51. The molecule has 1 saturated carbocycles. The number of likely N-dealkylation sites (tertiary alicyclic amines) is 1. The van der Waals surface area contributed by atoms with E-state index in [0.29, 0.717) is 17.7 Å². The van der Waals surface area contributed by atoms with E-state index in [9.17, 15) is 5.11 Å². The average Bonchev–Trinajstić information content (AvgIpc) is 3.07. The second-order valence-electron chi connectivity index (χ2n) is 8.71. The fraction of sp³-hybridized carbons (Fsp3) is 0.435. The minimum absolute atomic E-state index is 0.0473. The first-order valence-electron chi connectivity index (χ1n) is 10.3. The van der Waals surface area contributed by atoms with Crippen molar-refractivity contribution < 1.29 is 9.84 Å². The summed E-state index contributed by atoms with van der Waals surface area (Å²) in [4.78, 5) is 2.53. The highest BCUT2D eigenvalue weighted by molar-refractivity contribution is 5.94. The number of ether oxygens (including phenoxy) is 1. The van der Waals surface area contributed by atoms with Crippen LogP contribution in [0.15, 0.2) is 47.6 Å². The quantitative estimate of drug-likeness (QED) is 0.789. The van der Waals surface area contributed by atoms with Crippen LogP contribution in [-0.2, 0) is 11.8 Å². The topological polar surface area (TPSA) is 57.1 Å². The molecule has 0 aromatic heterocycles. The molecule has 4 aliphatic rings. The Bertz CT molecular complexity index is 973. The lowest BCUT2D eigenvalue weighted by molar-refractivity contribution is -0.00689. The van der Waals surface area contributed by atoms with Gasteiger partial charge >= 0.3 is 0 Å². The van der Waals surface area contributed by atoms with Crippen LogP contribution in [0.1, 0.15) is 30.4 Å². The van der Waals surface area contributed by atoms with Gasteiger partial charge in [-0.3, -0.25) is 5.43 Å². The lowest BCUT2D eigenvalue weighted by atomic mass is 9.51. The van der Waals surface area contributed by atoms with E-state index < -0.39 is 0 Å². The SMILES string of the molecule is CN1CC[C@]23c4c5ccc(O)c4OC2/C(=N/Nc2ccccc2)CC[C@H]3[C@H]1C5. The minimum atomic E-state index is -0.0824. The van der Waals surface area contributed by atoms with Crippen LogP contribution < -0.4 is 10.2 Å².